The van der Waals surface area contributed by atoms with Crippen molar-refractivity contribution >= 4 is 17.3 Å². The van der Waals surface area contributed by atoms with Crippen molar-refractivity contribution in [2.45, 2.75) is 32.0 Å². The predicted molar refractivity (Wildman–Crippen MR) is 97.5 cm³/mol. The molecule has 0 unspecified atom stereocenters. The van der Waals surface area contributed by atoms with Crippen LogP contribution in [-0.4, -0.2) is 31.2 Å². The Morgan fingerprint density at radius 2 is 1.64 bits per heavy atom. The maximum Gasteiger partial charge on any atom is 0.269 e. The van der Waals surface area contributed by atoms with E-state index in [1.54, 1.807) is 0 Å². The molecule has 4 rings (SSSR count). The third kappa shape index (κ3) is 3.27. The van der Waals surface area contributed by atoms with Gasteiger partial charge in [-0.25, -0.2) is 0 Å². The number of rotatable bonds is 3. The van der Waals surface area contributed by atoms with Gasteiger partial charge >= 0.3 is 0 Å². The van der Waals surface area contributed by atoms with Gasteiger partial charge in [0.1, 0.15) is 6.10 Å². The van der Waals surface area contributed by atoms with Gasteiger partial charge in [-0.05, 0) is 56.2 Å². The van der Waals surface area contributed by atoms with E-state index in [2.05, 4.69) is 22.3 Å². The molecule has 1 amide bonds. The first-order chi connectivity index (χ1) is 12.2. The van der Waals surface area contributed by atoms with Crippen molar-refractivity contribution in [2.24, 2.45) is 0 Å². The topological polar surface area (TPSA) is 50.8 Å². The number of anilines is 2. The molecule has 0 radical (unpaired) electrons. The summed E-state index contributed by atoms with van der Waals surface area (Å²) in [6.07, 6.45) is 1.47. The molecule has 5 heteroatoms. The summed E-state index contributed by atoms with van der Waals surface area (Å²) in [5.74, 6) is 1.08. The Morgan fingerprint density at radius 1 is 1.00 bits per heavy atom. The molecule has 2 aromatic rings. The number of nitrogens with one attached hydrogen (secondary N) is 1. The first-order valence-electron chi connectivity index (χ1n) is 8.79. The van der Waals surface area contributed by atoms with E-state index in [4.69, 9.17) is 9.47 Å². The quantitative estimate of drug-likeness (QED) is 0.931. The smallest absolute Gasteiger partial charge is 0.269 e. The fourth-order valence-corrected chi connectivity index (χ4v) is 3.35. The number of carbonyl (C=O) groups excluding carboxylic acids is 1. The molecule has 0 saturated carbocycles. The molecule has 1 N–H and O–H groups in total. The zero-order chi connectivity index (χ0) is 17.2. The predicted octanol–water partition coefficient (Wildman–Crippen LogP) is 3.45. The molecule has 2 heterocycles. The van der Waals surface area contributed by atoms with Crippen molar-refractivity contribution in [1.82, 2.24) is 0 Å². The van der Waals surface area contributed by atoms with Crippen LogP contribution in [-0.2, 0) is 4.79 Å². The molecule has 2 atom stereocenters. The summed E-state index contributed by atoms with van der Waals surface area (Å²) < 4.78 is 11.6. The number of ether oxygens (including phenoxy) is 2. The van der Waals surface area contributed by atoms with E-state index in [1.807, 2.05) is 43.3 Å². The highest BCUT2D eigenvalue weighted by Crippen LogP contribution is 2.33. The summed E-state index contributed by atoms with van der Waals surface area (Å²) in [5, 5.41) is 2.93. The first-order valence-corrected chi connectivity index (χ1v) is 8.79. The normalized spacial score (nSPS) is 21.9. The number of hydrogen-bond acceptors (Lipinski definition) is 4. The molecule has 0 bridgehead atoms. The van der Waals surface area contributed by atoms with Crippen molar-refractivity contribution in [3.05, 3.63) is 48.5 Å². The van der Waals surface area contributed by atoms with Crippen LogP contribution >= 0.6 is 0 Å². The number of hydrogen-bond donors (Lipinski definition) is 1. The third-order valence-electron chi connectivity index (χ3n) is 4.71. The van der Waals surface area contributed by atoms with Crippen LogP contribution in [0.25, 0.3) is 0 Å². The molecule has 2 aliphatic heterocycles. The molecule has 5 nitrogen and oxygen atoms in total. The van der Waals surface area contributed by atoms with E-state index < -0.39 is 6.10 Å². The minimum absolute atomic E-state index is 0.198. The molecular formula is C20H22N2O3. The number of nitrogens with zero attached hydrogens (tertiary/aromatic N) is 1. The van der Waals surface area contributed by atoms with Crippen LogP contribution in [0.4, 0.5) is 11.4 Å². The molecule has 2 aromatic carbocycles. The fourth-order valence-electron chi connectivity index (χ4n) is 3.35. The number of benzene rings is 2. The maximum absolute atomic E-state index is 12.6. The lowest BCUT2D eigenvalue weighted by Gasteiger charge is -2.31. The summed E-state index contributed by atoms with van der Waals surface area (Å²) in [7, 11) is 0. The van der Waals surface area contributed by atoms with E-state index in [-0.39, 0.29) is 12.0 Å². The van der Waals surface area contributed by atoms with Crippen molar-refractivity contribution in [3.63, 3.8) is 0 Å². The van der Waals surface area contributed by atoms with Crippen LogP contribution in [0.3, 0.4) is 0 Å². The Balaban J connectivity index is 1.43. The lowest BCUT2D eigenvalue weighted by atomic mass is 10.1. The third-order valence-corrected chi connectivity index (χ3v) is 4.71. The molecule has 25 heavy (non-hydrogen) atoms. The Bertz CT molecular complexity index is 754. The molecule has 0 spiro atoms. The average molecular weight is 338 g/mol. The van der Waals surface area contributed by atoms with Gasteiger partial charge in [-0.3, -0.25) is 4.79 Å². The van der Waals surface area contributed by atoms with Gasteiger partial charge in [0.25, 0.3) is 5.91 Å². The van der Waals surface area contributed by atoms with Crippen LogP contribution in [0.5, 0.6) is 11.5 Å². The van der Waals surface area contributed by atoms with E-state index in [0.717, 1.165) is 18.8 Å². The highest BCUT2D eigenvalue weighted by molar-refractivity contribution is 5.95. The molecule has 0 aromatic heterocycles. The minimum atomic E-state index is -0.673. The van der Waals surface area contributed by atoms with Gasteiger partial charge in [0.05, 0.1) is 0 Å². The van der Waals surface area contributed by atoms with Crippen molar-refractivity contribution < 1.29 is 14.3 Å². The maximum atomic E-state index is 12.6. The molecule has 1 fully saturated rings. The number of fused-ring (bicyclic) bond motifs is 1. The fraction of sp³-hybridized carbons (Fsp3) is 0.350. The van der Waals surface area contributed by atoms with Gasteiger partial charge < -0.3 is 19.7 Å². The highest BCUT2D eigenvalue weighted by Gasteiger charge is 2.34. The minimum Gasteiger partial charge on any atom is -0.482 e. The van der Waals surface area contributed by atoms with Crippen LogP contribution in [0.2, 0.25) is 0 Å². The largest absolute Gasteiger partial charge is 0.482 e. The van der Waals surface area contributed by atoms with Gasteiger partial charge in [-0.1, -0.05) is 12.1 Å². The van der Waals surface area contributed by atoms with Gasteiger partial charge in [-0.15, -0.1) is 0 Å². The van der Waals surface area contributed by atoms with Crippen molar-refractivity contribution in [2.75, 3.05) is 23.3 Å². The summed E-state index contributed by atoms with van der Waals surface area (Å²) in [6, 6.07) is 15.4. The molecule has 0 aliphatic carbocycles. The van der Waals surface area contributed by atoms with Gasteiger partial charge in [-0.2, -0.15) is 0 Å². The van der Waals surface area contributed by atoms with Crippen molar-refractivity contribution in [3.8, 4) is 11.5 Å². The Hall–Kier alpha value is -2.69. The van der Waals surface area contributed by atoms with Gasteiger partial charge in [0.15, 0.2) is 11.5 Å². The standard InChI is InChI=1S/C20H22N2O3/c1-14-19(25-18-7-3-2-6-17(18)24-14)20(23)21-15-8-10-16(11-9-15)22-12-4-5-13-22/h2-3,6-11,14,19H,4-5,12-13H2,1H3,(H,21,23)/t14-,19+/m1/s1. The second-order valence-electron chi connectivity index (χ2n) is 6.54. The van der Waals surface area contributed by atoms with E-state index in [1.165, 1.54) is 18.5 Å². The summed E-state index contributed by atoms with van der Waals surface area (Å²) in [4.78, 5) is 15.0. The number of amides is 1. The molecular weight excluding hydrogens is 316 g/mol. The average Bonchev–Trinajstić information content (AvgIpc) is 3.16. The Morgan fingerprint density at radius 3 is 2.32 bits per heavy atom. The molecule has 1 saturated heterocycles. The summed E-state index contributed by atoms with van der Waals surface area (Å²) in [5.41, 5.74) is 1.97. The molecule has 130 valence electrons. The zero-order valence-corrected chi connectivity index (χ0v) is 14.3. The monoisotopic (exact) mass is 338 g/mol. The van der Waals surface area contributed by atoms with Crippen molar-refractivity contribution in [1.29, 1.82) is 0 Å². The molecule has 2 aliphatic rings. The van der Waals surface area contributed by atoms with E-state index in [0.29, 0.717) is 11.5 Å². The Kier molecular flexibility index (Phi) is 4.22. The lowest BCUT2D eigenvalue weighted by Crippen LogP contribution is -2.46. The second-order valence-corrected chi connectivity index (χ2v) is 6.54. The van der Waals surface area contributed by atoms with Crippen LogP contribution in [0, 0.1) is 0 Å². The van der Waals surface area contributed by atoms with Crippen LogP contribution in [0.15, 0.2) is 48.5 Å². The lowest BCUT2D eigenvalue weighted by molar-refractivity contribution is -0.128. The number of para-hydroxylation sites is 2. The second kappa shape index (κ2) is 6.67. The van der Waals surface area contributed by atoms with Gasteiger partial charge in [0.2, 0.25) is 6.10 Å². The SMILES string of the molecule is C[C@H]1Oc2ccccc2O[C@@H]1C(=O)Nc1ccc(N2CCCC2)cc1. The Labute approximate surface area is 147 Å². The van der Waals surface area contributed by atoms with Crippen LogP contribution < -0.4 is 19.7 Å². The van der Waals surface area contributed by atoms with E-state index in [9.17, 15) is 4.79 Å². The van der Waals surface area contributed by atoms with Crippen LogP contribution in [0.1, 0.15) is 19.8 Å². The summed E-state index contributed by atoms with van der Waals surface area (Å²) in [6.45, 7) is 4.06. The van der Waals surface area contributed by atoms with E-state index >= 15 is 0 Å². The van der Waals surface area contributed by atoms with Gasteiger partial charge in [0, 0.05) is 24.5 Å². The zero-order valence-electron chi connectivity index (χ0n) is 14.3. The number of carbonyl (C=O) groups is 1. The first kappa shape index (κ1) is 15.8. The highest BCUT2D eigenvalue weighted by atomic mass is 16.6. The summed E-state index contributed by atoms with van der Waals surface area (Å²) >= 11 is 0.